The Balaban J connectivity index is 4.33. The second-order valence-electron chi connectivity index (χ2n) is 15.6. The maximum atomic E-state index is 12.7. The molecule has 296 valence electrons. The quantitative estimate of drug-likeness (QED) is 0.0357. The highest BCUT2D eigenvalue weighted by Gasteiger charge is 2.25. The molecule has 0 heterocycles. The summed E-state index contributed by atoms with van der Waals surface area (Å²) in [5, 5.41) is 11.6. The Morgan fingerprint density at radius 3 is 1.24 bits per heavy atom. The van der Waals surface area contributed by atoms with Crippen molar-refractivity contribution >= 4 is 17.9 Å². The number of likely N-dealkylation sites (N-methyl/N-ethyl adjacent to an activating group) is 1. The molecule has 0 N–H and O–H groups in total. The van der Waals surface area contributed by atoms with Gasteiger partial charge >= 0.3 is 11.9 Å². The van der Waals surface area contributed by atoms with Crippen molar-refractivity contribution < 1.29 is 38.2 Å². The number of ether oxygens (including phenoxy) is 3. The molecule has 0 rings (SSSR count). The van der Waals surface area contributed by atoms with Crippen LogP contribution in [0.15, 0.2) is 0 Å². The Labute approximate surface area is 308 Å². The SMILES string of the molecule is CCCCCCCCCCCCCCCCC(=O)OCC(COCCC(C(=O)[O-])[N+](C)(C)C)OC(=O)CCCCCCCCCCCCCC. The first kappa shape index (κ1) is 48.3. The van der Waals surface area contributed by atoms with Crippen molar-refractivity contribution in [1.29, 1.82) is 0 Å². The largest absolute Gasteiger partial charge is 0.544 e. The molecule has 0 radical (unpaired) electrons. The van der Waals surface area contributed by atoms with E-state index in [2.05, 4.69) is 13.8 Å². The fraction of sp³-hybridized carbons (Fsp3) is 0.929. The minimum absolute atomic E-state index is 0.0488. The number of unbranched alkanes of at least 4 members (excludes halogenated alkanes) is 24. The fourth-order valence-corrected chi connectivity index (χ4v) is 6.42. The summed E-state index contributed by atoms with van der Waals surface area (Å²) >= 11 is 0. The Kier molecular flexibility index (Phi) is 33.3. The lowest BCUT2D eigenvalue weighted by Crippen LogP contribution is -2.55. The van der Waals surface area contributed by atoms with E-state index in [1.807, 2.05) is 0 Å². The van der Waals surface area contributed by atoms with Crippen molar-refractivity contribution in [3.63, 3.8) is 0 Å². The summed E-state index contributed by atoms with van der Waals surface area (Å²) in [5.41, 5.74) is 0. The summed E-state index contributed by atoms with van der Waals surface area (Å²) in [6.45, 7) is 4.68. The van der Waals surface area contributed by atoms with E-state index in [1.165, 1.54) is 128 Å². The molecule has 0 saturated heterocycles. The number of nitrogens with zero attached hydrogens (tertiary/aromatic N) is 1. The predicted molar refractivity (Wildman–Crippen MR) is 204 cm³/mol. The van der Waals surface area contributed by atoms with Gasteiger partial charge in [-0.15, -0.1) is 0 Å². The zero-order chi connectivity index (χ0) is 37.1. The molecule has 0 aliphatic heterocycles. The zero-order valence-corrected chi connectivity index (χ0v) is 33.6. The first-order valence-corrected chi connectivity index (χ1v) is 21.1. The van der Waals surface area contributed by atoms with Crippen LogP contribution in [0.5, 0.6) is 0 Å². The first-order valence-electron chi connectivity index (χ1n) is 21.1. The van der Waals surface area contributed by atoms with Gasteiger partial charge in [-0.1, -0.05) is 168 Å². The summed E-state index contributed by atoms with van der Waals surface area (Å²) in [6.07, 6.45) is 32.6. The topological polar surface area (TPSA) is 102 Å². The highest BCUT2D eigenvalue weighted by Crippen LogP contribution is 2.15. The van der Waals surface area contributed by atoms with Crippen LogP contribution in [0.25, 0.3) is 0 Å². The Morgan fingerprint density at radius 2 is 0.880 bits per heavy atom. The molecule has 0 aliphatic rings. The van der Waals surface area contributed by atoms with Crippen LogP contribution in [0.2, 0.25) is 0 Å². The zero-order valence-electron chi connectivity index (χ0n) is 33.6. The van der Waals surface area contributed by atoms with Crippen LogP contribution in [0, 0.1) is 0 Å². The molecule has 0 saturated carbocycles. The van der Waals surface area contributed by atoms with Gasteiger partial charge in [-0.3, -0.25) is 9.59 Å². The molecule has 8 heteroatoms. The maximum absolute atomic E-state index is 12.7. The molecular weight excluding hydrogens is 630 g/mol. The molecule has 0 spiro atoms. The number of hydrogen-bond donors (Lipinski definition) is 0. The molecule has 0 aliphatic carbocycles. The van der Waals surface area contributed by atoms with Crippen molar-refractivity contribution in [2.45, 2.75) is 212 Å². The molecule has 0 fully saturated rings. The van der Waals surface area contributed by atoms with Crippen molar-refractivity contribution in [2.24, 2.45) is 0 Å². The molecule has 0 aromatic rings. The molecule has 0 aromatic heterocycles. The van der Waals surface area contributed by atoms with Gasteiger partial charge in [-0.25, -0.2) is 0 Å². The Bertz CT molecular complexity index is 797. The van der Waals surface area contributed by atoms with E-state index in [4.69, 9.17) is 14.2 Å². The average molecular weight is 712 g/mol. The Morgan fingerprint density at radius 1 is 0.520 bits per heavy atom. The van der Waals surface area contributed by atoms with Crippen LogP contribution in [0.1, 0.15) is 200 Å². The molecule has 2 unspecified atom stereocenters. The molecule has 8 nitrogen and oxygen atoms in total. The molecule has 0 amide bonds. The molecule has 0 aromatic carbocycles. The minimum atomic E-state index is -1.12. The smallest absolute Gasteiger partial charge is 0.306 e. The lowest BCUT2D eigenvalue weighted by molar-refractivity contribution is -0.889. The van der Waals surface area contributed by atoms with E-state index in [9.17, 15) is 19.5 Å². The van der Waals surface area contributed by atoms with Crippen LogP contribution in [-0.2, 0) is 28.6 Å². The standard InChI is InChI=1S/C42H81NO7/c1-6-8-10-12-14-16-18-20-21-23-24-26-28-30-32-40(44)49-37-38(36-48-35-34-39(42(46)47)43(3,4)5)50-41(45)33-31-29-27-25-22-19-17-15-13-11-9-7-2/h38-39H,6-37H2,1-5H3. The number of carbonyl (C=O) groups is 3. The Hall–Kier alpha value is -1.67. The van der Waals surface area contributed by atoms with E-state index < -0.39 is 18.1 Å². The number of rotatable bonds is 38. The van der Waals surface area contributed by atoms with E-state index in [1.54, 1.807) is 21.1 Å². The van der Waals surface area contributed by atoms with E-state index in [0.717, 1.165) is 38.5 Å². The number of hydrogen-bond acceptors (Lipinski definition) is 7. The highest BCUT2D eigenvalue weighted by molar-refractivity contribution is 5.70. The maximum Gasteiger partial charge on any atom is 0.306 e. The van der Waals surface area contributed by atoms with E-state index >= 15 is 0 Å². The number of carboxylic acids is 1. The first-order chi connectivity index (χ1) is 24.1. The van der Waals surface area contributed by atoms with E-state index in [-0.39, 0.29) is 42.7 Å². The molecule has 0 bridgehead atoms. The molecular formula is C42H81NO7. The van der Waals surface area contributed by atoms with Gasteiger partial charge in [-0.05, 0) is 12.8 Å². The van der Waals surface area contributed by atoms with Crippen molar-refractivity contribution in [3.05, 3.63) is 0 Å². The number of carbonyl (C=O) groups excluding carboxylic acids is 3. The summed E-state index contributed by atoms with van der Waals surface area (Å²) in [7, 11) is 5.41. The fourth-order valence-electron chi connectivity index (χ4n) is 6.42. The van der Waals surface area contributed by atoms with Gasteiger partial charge in [0.1, 0.15) is 12.6 Å². The summed E-state index contributed by atoms with van der Waals surface area (Å²) in [6, 6.07) is -0.718. The van der Waals surface area contributed by atoms with Gasteiger partial charge in [0.25, 0.3) is 0 Å². The van der Waals surface area contributed by atoms with Crippen molar-refractivity contribution in [3.8, 4) is 0 Å². The lowest BCUT2D eigenvalue weighted by Gasteiger charge is -2.34. The van der Waals surface area contributed by atoms with Gasteiger partial charge in [0.2, 0.25) is 0 Å². The van der Waals surface area contributed by atoms with Crippen LogP contribution in [0.4, 0.5) is 0 Å². The van der Waals surface area contributed by atoms with Crippen molar-refractivity contribution in [2.75, 3.05) is 41.0 Å². The number of aliphatic carboxylic acids is 1. The van der Waals surface area contributed by atoms with Crippen LogP contribution in [-0.4, -0.2) is 75.5 Å². The number of esters is 2. The lowest BCUT2D eigenvalue weighted by atomic mass is 10.0. The minimum Gasteiger partial charge on any atom is -0.544 e. The van der Waals surface area contributed by atoms with Gasteiger partial charge in [0.05, 0.1) is 40.3 Å². The summed E-state index contributed by atoms with van der Waals surface area (Å²) in [4.78, 5) is 36.7. The molecule has 50 heavy (non-hydrogen) atoms. The van der Waals surface area contributed by atoms with Crippen LogP contribution >= 0.6 is 0 Å². The molecule has 2 atom stereocenters. The highest BCUT2D eigenvalue weighted by atomic mass is 16.6. The van der Waals surface area contributed by atoms with Gasteiger partial charge in [0, 0.05) is 19.3 Å². The summed E-state index contributed by atoms with van der Waals surface area (Å²) in [5.74, 6) is -1.72. The average Bonchev–Trinajstić information content (AvgIpc) is 3.06. The predicted octanol–water partition coefficient (Wildman–Crippen LogP) is 9.64. The summed E-state index contributed by atoms with van der Waals surface area (Å²) < 4.78 is 17.1. The third kappa shape index (κ3) is 32.3. The van der Waals surface area contributed by atoms with Crippen LogP contribution in [0.3, 0.4) is 0 Å². The van der Waals surface area contributed by atoms with Gasteiger partial charge < -0.3 is 28.6 Å². The monoisotopic (exact) mass is 712 g/mol. The van der Waals surface area contributed by atoms with Crippen LogP contribution < -0.4 is 5.11 Å². The van der Waals surface area contributed by atoms with Gasteiger partial charge in [-0.2, -0.15) is 0 Å². The third-order valence-corrected chi connectivity index (χ3v) is 9.74. The van der Waals surface area contributed by atoms with E-state index in [0.29, 0.717) is 12.8 Å². The number of carboxylic acid groups (broad SMARTS) is 1. The van der Waals surface area contributed by atoms with Crippen molar-refractivity contribution in [1.82, 2.24) is 0 Å². The normalized spacial score (nSPS) is 12.9. The number of quaternary nitrogens is 1. The second kappa shape index (κ2) is 34.4. The second-order valence-corrected chi connectivity index (χ2v) is 15.6. The third-order valence-electron chi connectivity index (χ3n) is 9.74. The van der Waals surface area contributed by atoms with Gasteiger partial charge in [0.15, 0.2) is 6.10 Å².